The number of para-hydroxylation sites is 1. The molecule has 0 saturated heterocycles. The van der Waals surface area contributed by atoms with Crippen LogP contribution in [0.1, 0.15) is 48.2 Å². The third kappa shape index (κ3) is 5.13. The average Bonchev–Trinajstić information content (AvgIpc) is 3.18. The zero-order chi connectivity index (χ0) is 26.9. The van der Waals surface area contributed by atoms with Crippen LogP contribution in [0.4, 0.5) is 18.9 Å². The van der Waals surface area contributed by atoms with Crippen LogP contribution in [0.2, 0.25) is 0 Å². The Morgan fingerprint density at radius 1 is 1.03 bits per heavy atom. The summed E-state index contributed by atoms with van der Waals surface area (Å²) in [5, 5.41) is 8.86. The molecule has 4 rings (SSSR count). The minimum atomic E-state index is -4.86. The number of benzene rings is 2. The summed E-state index contributed by atoms with van der Waals surface area (Å²) in [6, 6.07) is 13.8. The number of fused-ring (bicyclic) bond motifs is 1. The number of nitrogens with zero attached hydrogens (tertiary/aromatic N) is 3. The Morgan fingerprint density at radius 3 is 2.32 bits per heavy atom. The Labute approximate surface area is 208 Å². The number of carbonyl (C=O) groups excluding carboxylic acids is 3. The number of pyridine rings is 1. The van der Waals surface area contributed by atoms with E-state index in [4.69, 9.17) is 5.73 Å². The number of nitrogens with one attached hydrogen (secondary N) is 2. The summed E-state index contributed by atoms with van der Waals surface area (Å²) in [5.74, 6) is -2.07. The van der Waals surface area contributed by atoms with Gasteiger partial charge in [-0.2, -0.15) is 18.3 Å². The fourth-order valence-electron chi connectivity index (χ4n) is 3.80. The fourth-order valence-corrected chi connectivity index (χ4v) is 3.80. The van der Waals surface area contributed by atoms with Crippen molar-refractivity contribution in [3.8, 4) is 0 Å². The molecule has 0 saturated carbocycles. The molecular formula is C25H21F3N6O3. The molecule has 0 unspecified atom stereocenters. The van der Waals surface area contributed by atoms with Crippen molar-refractivity contribution in [2.24, 2.45) is 5.73 Å². The number of carbonyl (C=O) groups is 3. The van der Waals surface area contributed by atoms with Crippen molar-refractivity contribution in [2.75, 3.05) is 12.4 Å². The topological polar surface area (TPSA) is 132 Å². The first-order valence-corrected chi connectivity index (χ1v) is 11.0. The second-order valence-electron chi connectivity index (χ2n) is 8.13. The lowest BCUT2D eigenvalue weighted by atomic mass is 10.1. The normalized spacial score (nSPS) is 11.4. The number of aromatic nitrogens is 3. The second kappa shape index (κ2) is 9.72. The van der Waals surface area contributed by atoms with Crippen LogP contribution in [0.5, 0.6) is 0 Å². The highest BCUT2D eigenvalue weighted by atomic mass is 19.4. The van der Waals surface area contributed by atoms with Crippen LogP contribution in [0, 0.1) is 6.92 Å². The number of halogens is 3. The van der Waals surface area contributed by atoms with Gasteiger partial charge in [-0.25, -0.2) is 4.98 Å². The maximum atomic E-state index is 13.9. The number of amides is 3. The zero-order valence-electron chi connectivity index (χ0n) is 19.7. The lowest BCUT2D eigenvalue weighted by Gasteiger charge is -2.11. The summed E-state index contributed by atoms with van der Waals surface area (Å²) >= 11 is 0. The van der Waals surface area contributed by atoms with Gasteiger partial charge >= 0.3 is 6.18 Å². The van der Waals surface area contributed by atoms with E-state index in [0.717, 1.165) is 10.7 Å². The average molecular weight is 510 g/mol. The highest BCUT2D eigenvalue weighted by Gasteiger charge is 2.39. The smallest absolute Gasteiger partial charge is 0.364 e. The van der Waals surface area contributed by atoms with Crippen LogP contribution in [0.25, 0.3) is 10.9 Å². The number of rotatable bonds is 6. The van der Waals surface area contributed by atoms with Crippen molar-refractivity contribution >= 4 is 34.3 Å². The van der Waals surface area contributed by atoms with Crippen LogP contribution in [0.3, 0.4) is 0 Å². The Bertz CT molecular complexity index is 1530. The number of nitrogens with two attached hydrogens (primary N) is 1. The molecule has 4 N–H and O–H groups in total. The molecule has 0 radical (unpaired) electrons. The molecule has 0 bridgehead atoms. The summed E-state index contributed by atoms with van der Waals surface area (Å²) < 4.78 is 42.8. The van der Waals surface area contributed by atoms with Crippen LogP contribution < -0.4 is 16.4 Å². The molecule has 2 aromatic carbocycles. The first kappa shape index (κ1) is 25.4. The van der Waals surface area contributed by atoms with E-state index in [1.165, 1.54) is 14.0 Å². The molecule has 9 nitrogen and oxygen atoms in total. The van der Waals surface area contributed by atoms with Crippen LogP contribution in [-0.4, -0.2) is 39.5 Å². The largest absolute Gasteiger partial charge is 0.437 e. The van der Waals surface area contributed by atoms with Gasteiger partial charge in [-0.05, 0) is 36.8 Å². The van der Waals surface area contributed by atoms with Crippen molar-refractivity contribution in [3.63, 3.8) is 0 Å². The molecule has 2 heterocycles. The predicted molar refractivity (Wildman–Crippen MR) is 129 cm³/mol. The molecule has 190 valence electrons. The highest BCUT2D eigenvalue weighted by molar-refractivity contribution is 6.14. The van der Waals surface area contributed by atoms with Gasteiger partial charge in [0.2, 0.25) is 0 Å². The number of hydrogen-bond donors (Lipinski definition) is 3. The minimum Gasteiger partial charge on any atom is -0.364 e. The minimum absolute atomic E-state index is 0.0389. The monoisotopic (exact) mass is 510 g/mol. The Hall–Kier alpha value is -4.74. The lowest BCUT2D eigenvalue weighted by Crippen LogP contribution is -2.19. The maximum Gasteiger partial charge on any atom is 0.437 e. The SMILES string of the molecule is CNC(=O)c1ccc(Cn2nc(C(F)(F)F)c(NC(=O)c3cc(C(N)=O)nc4ccccc34)c2C)cc1. The molecule has 0 fully saturated rings. The van der Waals surface area contributed by atoms with E-state index < -0.39 is 29.4 Å². The molecule has 0 aliphatic rings. The molecule has 0 aliphatic heterocycles. The van der Waals surface area contributed by atoms with E-state index in [9.17, 15) is 27.6 Å². The standard InChI is InChI=1S/C25H21F3N6O3/c1-13-20(32-24(37)17-11-19(22(29)35)31-18-6-4-3-5-16(17)18)21(25(26,27)28)33-34(13)12-14-7-9-15(10-8-14)23(36)30-2/h3-11H,12H2,1-2H3,(H2,29,35)(H,30,36)(H,32,37). The van der Waals surface area contributed by atoms with Gasteiger partial charge < -0.3 is 16.4 Å². The maximum absolute atomic E-state index is 13.9. The quantitative estimate of drug-likeness (QED) is 0.365. The molecule has 37 heavy (non-hydrogen) atoms. The summed E-state index contributed by atoms with van der Waals surface area (Å²) in [4.78, 5) is 40.7. The molecule has 4 aromatic rings. The third-order valence-corrected chi connectivity index (χ3v) is 5.70. The van der Waals surface area contributed by atoms with Gasteiger partial charge in [-0.15, -0.1) is 0 Å². The van der Waals surface area contributed by atoms with Gasteiger partial charge in [0.05, 0.1) is 29.0 Å². The molecule has 3 amide bonds. The van der Waals surface area contributed by atoms with Gasteiger partial charge in [-0.3, -0.25) is 19.1 Å². The summed E-state index contributed by atoms with van der Waals surface area (Å²) in [7, 11) is 1.49. The van der Waals surface area contributed by atoms with Gasteiger partial charge in [-0.1, -0.05) is 30.3 Å². The first-order chi connectivity index (χ1) is 17.5. The molecule has 0 aliphatic carbocycles. The Morgan fingerprint density at radius 2 is 1.70 bits per heavy atom. The van der Waals surface area contributed by atoms with Crippen molar-refractivity contribution in [2.45, 2.75) is 19.6 Å². The molecule has 12 heteroatoms. The van der Waals surface area contributed by atoms with Gasteiger partial charge in [0.25, 0.3) is 17.7 Å². The Kier molecular flexibility index (Phi) is 6.66. The number of primary amides is 1. The Balaban J connectivity index is 1.72. The van der Waals surface area contributed by atoms with E-state index in [1.807, 2.05) is 0 Å². The zero-order valence-corrected chi connectivity index (χ0v) is 19.7. The predicted octanol–water partition coefficient (Wildman–Crippen LogP) is 3.52. The number of hydrogen-bond acceptors (Lipinski definition) is 5. The van der Waals surface area contributed by atoms with Crippen molar-refractivity contribution < 1.29 is 27.6 Å². The van der Waals surface area contributed by atoms with Gasteiger partial charge in [0.15, 0.2) is 5.69 Å². The number of alkyl halides is 3. The molecule has 0 spiro atoms. The van der Waals surface area contributed by atoms with Crippen molar-refractivity contribution in [3.05, 3.63) is 88.4 Å². The highest BCUT2D eigenvalue weighted by Crippen LogP contribution is 2.36. The van der Waals surface area contributed by atoms with E-state index in [1.54, 1.807) is 48.5 Å². The lowest BCUT2D eigenvalue weighted by molar-refractivity contribution is -0.140. The summed E-state index contributed by atoms with van der Waals surface area (Å²) in [6.45, 7) is 1.36. The number of anilines is 1. The molecular weight excluding hydrogens is 489 g/mol. The first-order valence-electron chi connectivity index (χ1n) is 11.0. The summed E-state index contributed by atoms with van der Waals surface area (Å²) in [6.07, 6.45) is -4.86. The molecule has 0 atom stereocenters. The van der Waals surface area contributed by atoms with Crippen LogP contribution in [0.15, 0.2) is 54.6 Å². The second-order valence-corrected chi connectivity index (χ2v) is 8.13. The van der Waals surface area contributed by atoms with E-state index in [2.05, 4.69) is 20.7 Å². The van der Waals surface area contributed by atoms with Crippen molar-refractivity contribution in [1.82, 2.24) is 20.1 Å². The van der Waals surface area contributed by atoms with Gasteiger partial charge in [0.1, 0.15) is 5.69 Å². The molecule has 2 aromatic heterocycles. The van der Waals surface area contributed by atoms with E-state index in [0.29, 0.717) is 16.5 Å². The van der Waals surface area contributed by atoms with Crippen molar-refractivity contribution in [1.29, 1.82) is 0 Å². The van der Waals surface area contributed by atoms with Crippen LogP contribution in [-0.2, 0) is 12.7 Å². The van der Waals surface area contributed by atoms with E-state index in [-0.39, 0.29) is 34.9 Å². The van der Waals surface area contributed by atoms with Crippen LogP contribution >= 0.6 is 0 Å². The third-order valence-electron chi connectivity index (χ3n) is 5.70. The fraction of sp³-hybridized carbons (Fsp3) is 0.160. The van der Waals surface area contributed by atoms with E-state index >= 15 is 0 Å². The van der Waals surface area contributed by atoms with Gasteiger partial charge in [0, 0.05) is 18.0 Å². The summed E-state index contributed by atoms with van der Waals surface area (Å²) in [5.41, 5.74) is 4.61.